The fourth-order valence-electron chi connectivity index (χ4n) is 0.977. The molecule has 1 N–H and O–H groups in total. The number of ether oxygens (including phenoxy) is 1. The highest BCUT2D eigenvalue weighted by molar-refractivity contribution is 7.80. The van der Waals surface area contributed by atoms with Gasteiger partial charge in [0, 0.05) is 0 Å². The third-order valence-corrected chi connectivity index (χ3v) is 3.13. The minimum absolute atomic E-state index is 0.0658. The number of nitrogens with one attached hydrogen (secondary N) is 1. The fraction of sp³-hybridized carbons (Fsp3) is 0.429. The van der Waals surface area contributed by atoms with E-state index in [9.17, 15) is 4.79 Å². The van der Waals surface area contributed by atoms with Gasteiger partial charge in [-0.2, -0.15) is 12.6 Å². The third-order valence-electron chi connectivity index (χ3n) is 1.56. The van der Waals surface area contributed by atoms with Gasteiger partial charge in [-0.1, -0.05) is 11.3 Å². The van der Waals surface area contributed by atoms with Crippen molar-refractivity contribution >= 4 is 35.7 Å². The average Bonchev–Trinajstić information content (AvgIpc) is 2.46. The van der Waals surface area contributed by atoms with Crippen LogP contribution < -0.4 is 10.1 Å². The quantitative estimate of drug-likeness (QED) is 0.699. The Morgan fingerprint density at radius 1 is 1.77 bits per heavy atom. The SMILES string of the molecule is CC(S)c1nc2c(s1)OCC(=O)N2. The first-order valence-electron chi connectivity index (χ1n) is 3.78. The first-order chi connectivity index (χ1) is 6.16. The Morgan fingerprint density at radius 3 is 3.23 bits per heavy atom. The standard InChI is InChI=1S/C7H8N2O2S2/c1-3(12)6-9-5-7(13-6)11-2-4(10)8-5/h3,12H,2H2,1H3,(H,8,10). The zero-order valence-electron chi connectivity index (χ0n) is 6.90. The summed E-state index contributed by atoms with van der Waals surface area (Å²) in [6.07, 6.45) is 0. The summed E-state index contributed by atoms with van der Waals surface area (Å²) in [5.41, 5.74) is 0. The molecule has 6 heteroatoms. The van der Waals surface area contributed by atoms with Gasteiger partial charge in [-0.3, -0.25) is 4.79 Å². The maximum absolute atomic E-state index is 10.9. The van der Waals surface area contributed by atoms with Gasteiger partial charge >= 0.3 is 0 Å². The van der Waals surface area contributed by atoms with Crippen LogP contribution in [0.15, 0.2) is 0 Å². The van der Waals surface area contributed by atoms with E-state index in [1.807, 2.05) is 6.92 Å². The van der Waals surface area contributed by atoms with E-state index in [0.29, 0.717) is 10.9 Å². The van der Waals surface area contributed by atoms with E-state index in [1.165, 1.54) is 11.3 Å². The Morgan fingerprint density at radius 2 is 2.54 bits per heavy atom. The molecule has 4 nitrogen and oxygen atoms in total. The monoisotopic (exact) mass is 216 g/mol. The maximum Gasteiger partial charge on any atom is 0.263 e. The second-order valence-electron chi connectivity index (χ2n) is 2.70. The largest absolute Gasteiger partial charge is 0.471 e. The molecule has 0 fully saturated rings. The second-order valence-corrected chi connectivity index (χ2v) is 4.47. The molecule has 13 heavy (non-hydrogen) atoms. The Hall–Kier alpha value is -0.750. The summed E-state index contributed by atoms with van der Waals surface area (Å²) < 4.78 is 5.18. The molecule has 0 spiro atoms. The molecule has 1 aliphatic rings. The lowest BCUT2D eigenvalue weighted by atomic mass is 10.5. The van der Waals surface area contributed by atoms with Crippen molar-refractivity contribution in [3.8, 4) is 5.06 Å². The molecule has 1 aliphatic heterocycles. The summed E-state index contributed by atoms with van der Waals surface area (Å²) in [6, 6.07) is 0. The lowest BCUT2D eigenvalue weighted by Gasteiger charge is -2.10. The number of carbonyl (C=O) groups is 1. The lowest BCUT2D eigenvalue weighted by Crippen LogP contribution is -2.24. The molecule has 0 radical (unpaired) electrons. The zero-order valence-corrected chi connectivity index (χ0v) is 8.61. The van der Waals surface area contributed by atoms with Gasteiger partial charge in [-0.15, -0.1) is 0 Å². The van der Waals surface area contributed by atoms with Crippen molar-refractivity contribution in [3.05, 3.63) is 5.01 Å². The van der Waals surface area contributed by atoms with Gasteiger partial charge in [0.2, 0.25) is 5.06 Å². The summed E-state index contributed by atoms with van der Waals surface area (Å²) in [5.74, 6) is 0.369. The molecule has 70 valence electrons. The van der Waals surface area contributed by atoms with Crippen LogP contribution in [0.3, 0.4) is 0 Å². The van der Waals surface area contributed by atoms with Crippen molar-refractivity contribution in [3.63, 3.8) is 0 Å². The highest BCUT2D eigenvalue weighted by atomic mass is 32.1. The minimum atomic E-state index is -0.156. The van der Waals surface area contributed by atoms with Crippen molar-refractivity contribution in [1.82, 2.24) is 4.98 Å². The zero-order chi connectivity index (χ0) is 9.42. The van der Waals surface area contributed by atoms with Crippen LogP contribution in [0.2, 0.25) is 0 Å². The number of hydrogen-bond donors (Lipinski definition) is 2. The second kappa shape index (κ2) is 3.19. The molecular weight excluding hydrogens is 208 g/mol. The molecule has 1 amide bonds. The number of anilines is 1. The van der Waals surface area contributed by atoms with Gasteiger partial charge in [0.25, 0.3) is 5.91 Å². The maximum atomic E-state index is 10.9. The lowest BCUT2D eigenvalue weighted by molar-refractivity contribution is -0.118. The highest BCUT2D eigenvalue weighted by Crippen LogP contribution is 2.37. The summed E-state index contributed by atoms with van der Waals surface area (Å²) in [7, 11) is 0. The van der Waals surface area contributed by atoms with E-state index in [2.05, 4.69) is 22.9 Å². The van der Waals surface area contributed by atoms with Gasteiger partial charge in [-0.05, 0) is 6.92 Å². The van der Waals surface area contributed by atoms with Crippen LogP contribution in [0, 0.1) is 0 Å². The number of amides is 1. The van der Waals surface area contributed by atoms with Crippen LogP contribution in [0.1, 0.15) is 17.2 Å². The van der Waals surface area contributed by atoms with Crippen molar-refractivity contribution < 1.29 is 9.53 Å². The molecule has 1 unspecified atom stereocenters. The molecular formula is C7H8N2O2S2. The molecule has 0 aromatic carbocycles. The topological polar surface area (TPSA) is 51.2 Å². The number of nitrogens with zero attached hydrogens (tertiary/aromatic N) is 1. The molecule has 0 saturated carbocycles. The number of carbonyl (C=O) groups excluding carboxylic acids is 1. The minimum Gasteiger partial charge on any atom is -0.471 e. The number of thiazole rings is 1. The number of thiol groups is 1. The average molecular weight is 216 g/mol. The summed E-state index contributed by atoms with van der Waals surface area (Å²) in [6.45, 7) is 2.00. The molecule has 1 aromatic heterocycles. The predicted molar refractivity (Wildman–Crippen MR) is 53.6 cm³/mol. The number of hydrogen-bond acceptors (Lipinski definition) is 5. The van der Waals surface area contributed by atoms with Crippen molar-refractivity contribution in [2.75, 3.05) is 11.9 Å². The summed E-state index contributed by atoms with van der Waals surface area (Å²) in [4.78, 5) is 15.1. The molecule has 2 heterocycles. The van der Waals surface area contributed by atoms with Crippen molar-refractivity contribution in [2.24, 2.45) is 0 Å². The van der Waals surface area contributed by atoms with Gasteiger partial charge in [0.05, 0.1) is 5.25 Å². The molecule has 1 atom stereocenters. The van der Waals surface area contributed by atoms with Gasteiger partial charge in [0.15, 0.2) is 12.4 Å². The van der Waals surface area contributed by atoms with Crippen LogP contribution in [0.5, 0.6) is 5.06 Å². The van der Waals surface area contributed by atoms with Gasteiger partial charge in [-0.25, -0.2) is 4.98 Å². The predicted octanol–water partition coefficient (Wildman–Crippen LogP) is 1.46. The van der Waals surface area contributed by atoms with E-state index in [1.54, 1.807) is 0 Å². The van der Waals surface area contributed by atoms with Crippen LogP contribution in [0.4, 0.5) is 5.82 Å². The van der Waals surface area contributed by atoms with E-state index in [4.69, 9.17) is 4.74 Å². The van der Waals surface area contributed by atoms with Crippen LogP contribution >= 0.6 is 24.0 Å². The summed E-state index contributed by atoms with van der Waals surface area (Å²) >= 11 is 5.67. The number of aromatic nitrogens is 1. The highest BCUT2D eigenvalue weighted by Gasteiger charge is 2.21. The van der Waals surface area contributed by atoms with Gasteiger partial charge < -0.3 is 10.1 Å². The van der Waals surface area contributed by atoms with Crippen molar-refractivity contribution in [2.45, 2.75) is 12.2 Å². The van der Waals surface area contributed by atoms with E-state index < -0.39 is 0 Å². The Labute approximate surface area is 84.7 Å². The molecule has 0 bridgehead atoms. The molecule has 0 saturated heterocycles. The van der Waals surface area contributed by atoms with Gasteiger partial charge in [0.1, 0.15) is 5.01 Å². The Balaban J connectivity index is 2.33. The van der Waals surface area contributed by atoms with Crippen LogP contribution in [0.25, 0.3) is 0 Å². The molecule has 0 aliphatic carbocycles. The van der Waals surface area contributed by atoms with E-state index in [0.717, 1.165) is 5.01 Å². The van der Waals surface area contributed by atoms with Crippen LogP contribution in [-0.2, 0) is 4.79 Å². The first kappa shape index (κ1) is 8.83. The Kier molecular flexibility index (Phi) is 2.17. The van der Waals surface area contributed by atoms with Crippen LogP contribution in [-0.4, -0.2) is 17.5 Å². The Bertz CT molecular complexity index is 348. The number of fused-ring (bicyclic) bond motifs is 1. The fourth-order valence-corrected chi connectivity index (χ4v) is 2.00. The normalized spacial score (nSPS) is 17.2. The third kappa shape index (κ3) is 1.64. The smallest absolute Gasteiger partial charge is 0.263 e. The summed E-state index contributed by atoms with van der Waals surface area (Å²) in [5, 5.41) is 4.24. The first-order valence-corrected chi connectivity index (χ1v) is 5.11. The van der Waals surface area contributed by atoms with Crippen molar-refractivity contribution in [1.29, 1.82) is 0 Å². The van der Waals surface area contributed by atoms with E-state index in [-0.39, 0.29) is 17.8 Å². The number of rotatable bonds is 1. The molecule has 2 rings (SSSR count). The van der Waals surface area contributed by atoms with E-state index >= 15 is 0 Å². The molecule has 1 aromatic rings.